The highest BCUT2D eigenvalue weighted by molar-refractivity contribution is 7.71. The topological polar surface area (TPSA) is 76.0 Å². The number of para-hydroxylation sites is 1. The Morgan fingerprint density at radius 2 is 1.96 bits per heavy atom. The molecule has 1 aliphatic rings. The van der Waals surface area contributed by atoms with Crippen LogP contribution in [0, 0.1) is 11.7 Å². The van der Waals surface area contributed by atoms with Crippen LogP contribution in [0.3, 0.4) is 0 Å². The Morgan fingerprint density at radius 3 is 2.75 bits per heavy atom. The predicted octanol–water partition coefficient (Wildman–Crippen LogP) is 3.61. The molecule has 1 unspecified atom stereocenters. The minimum absolute atomic E-state index is 0.0855. The molecule has 6 nitrogen and oxygen atoms in total. The van der Waals surface area contributed by atoms with Gasteiger partial charge in [-0.1, -0.05) is 42.0 Å². The number of carbonyl (C=O) groups excluding carboxylic acids is 2. The van der Waals surface area contributed by atoms with Crippen molar-refractivity contribution in [3.05, 3.63) is 64.4 Å². The Morgan fingerprint density at radius 1 is 1.21 bits per heavy atom. The average molecular weight is 392 g/mol. The number of aryl methyl sites for hydroxylation is 1. The van der Waals surface area contributed by atoms with Gasteiger partial charge in [-0.25, -0.2) is 9.55 Å². The summed E-state index contributed by atoms with van der Waals surface area (Å²) in [5, 5.41) is 6.98. The van der Waals surface area contributed by atoms with Gasteiger partial charge in [-0.2, -0.15) is 0 Å². The second-order valence-electron chi connectivity index (χ2n) is 6.93. The third kappa shape index (κ3) is 3.53. The van der Waals surface area contributed by atoms with Crippen LogP contribution < -0.4 is 10.6 Å². The summed E-state index contributed by atoms with van der Waals surface area (Å²) in [6.45, 7) is 2.50. The van der Waals surface area contributed by atoms with Crippen molar-refractivity contribution in [3.63, 3.8) is 0 Å². The molecular weight excluding hydrogens is 372 g/mol. The number of fused-ring (bicyclic) bond motifs is 3. The van der Waals surface area contributed by atoms with E-state index in [1.165, 1.54) is 10.1 Å². The molecule has 2 N–H and O–H groups in total. The van der Waals surface area contributed by atoms with E-state index in [9.17, 15) is 9.59 Å². The summed E-state index contributed by atoms with van der Waals surface area (Å²) in [5.74, 6) is 0.410. The number of rotatable bonds is 5. The van der Waals surface area contributed by atoms with E-state index in [2.05, 4.69) is 15.6 Å². The summed E-state index contributed by atoms with van der Waals surface area (Å²) in [4.78, 5) is 29.3. The monoisotopic (exact) mass is 392 g/mol. The number of nitrogens with one attached hydrogen (secondary N) is 2. The third-order valence-corrected chi connectivity index (χ3v) is 5.16. The molecular formula is C21H20N4O2S. The summed E-state index contributed by atoms with van der Waals surface area (Å²) in [7, 11) is 0. The first-order valence-electron chi connectivity index (χ1n) is 9.18. The normalized spacial score (nSPS) is 15.3. The van der Waals surface area contributed by atoms with Crippen LogP contribution in [0.15, 0.2) is 48.5 Å². The number of aromatic nitrogens is 2. The second kappa shape index (κ2) is 7.52. The zero-order valence-electron chi connectivity index (χ0n) is 15.4. The molecule has 0 spiro atoms. The zero-order chi connectivity index (χ0) is 19.7. The van der Waals surface area contributed by atoms with Gasteiger partial charge in [-0.05, 0) is 43.3 Å². The zero-order valence-corrected chi connectivity index (χ0v) is 16.3. The molecule has 7 heteroatoms. The van der Waals surface area contributed by atoms with Crippen molar-refractivity contribution in [2.24, 2.45) is 0 Å². The largest absolute Gasteiger partial charge is 0.359 e. The van der Waals surface area contributed by atoms with E-state index in [1.807, 2.05) is 55.5 Å². The van der Waals surface area contributed by atoms with Gasteiger partial charge in [0.1, 0.15) is 11.9 Å². The van der Waals surface area contributed by atoms with Gasteiger partial charge < -0.3 is 10.6 Å². The lowest BCUT2D eigenvalue weighted by molar-refractivity contribution is -0.121. The van der Waals surface area contributed by atoms with E-state index in [1.54, 1.807) is 0 Å². The lowest BCUT2D eigenvalue weighted by Gasteiger charge is -2.09. The molecule has 1 aliphatic heterocycles. The molecule has 1 amide bonds. The van der Waals surface area contributed by atoms with Crippen LogP contribution in [-0.2, 0) is 11.3 Å². The fourth-order valence-electron chi connectivity index (χ4n) is 3.34. The van der Waals surface area contributed by atoms with Crippen molar-refractivity contribution in [2.45, 2.75) is 32.4 Å². The summed E-state index contributed by atoms with van der Waals surface area (Å²) in [6.07, 6.45) is 0.644. The van der Waals surface area contributed by atoms with Gasteiger partial charge in [0, 0.05) is 18.4 Å². The van der Waals surface area contributed by atoms with Crippen molar-refractivity contribution in [3.8, 4) is 0 Å². The molecule has 0 saturated carbocycles. The van der Waals surface area contributed by atoms with Crippen LogP contribution in [-0.4, -0.2) is 27.4 Å². The van der Waals surface area contributed by atoms with Crippen LogP contribution >= 0.6 is 12.2 Å². The van der Waals surface area contributed by atoms with Gasteiger partial charge >= 0.3 is 0 Å². The average Bonchev–Trinajstić information content (AvgIpc) is 3.03. The quantitative estimate of drug-likeness (QED) is 0.649. The Kier molecular flexibility index (Phi) is 4.92. The number of amides is 1. The van der Waals surface area contributed by atoms with Crippen molar-refractivity contribution in [2.75, 3.05) is 5.32 Å². The van der Waals surface area contributed by atoms with E-state index in [4.69, 9.17) is 12.2 Å². The van der Waals surface area contributed by atoms with Crippen LogP contribution in [0.25, 0.3) is 10.9 Å². The molecule has 4 rings (SSSR count). The number of benzene rings is 2. The smallest absolute Gasteiger partial charge is 0.257 e. The van der Waals surface area contributed by atoms with Gasteiger partial charge in [0.15, 0.2) is 0 Å². The molecule has 1 aromatic heterocycles. The third-order valence-electron chi connectivity index (χ3n) is 4.89. The van der Waals surface area contributed by atoms with Gasteiger partial charge in [-0.3, -0.25) is 9.59 Å². The maximum atomic E-state index is 12.7. The predicted molar refractivity (Wildman–Crippen MR) is 111 cm³/mol. The van der Waals surface area contributed by atoms with Crippen LogP contribution in [0.2, 0.25) is 0 Å². The lowest BCUT2D eigenvalue weighted by Crippen LogP contribution is -2.29. The number of hydrogen-bond acceptors (Lipinski definition) is 5. The fraction of sp³-hybridized carbons (Fsp3) is 0.238. The van der Waals surface area contributed by atoms with Crippen LogP contribution in [0.5, 0.6) is 0 Å². The molecule has 0 fully saturated rings. The summed E-state index contributed by atoms with van der Waals surface area (Å²) < 4.78 is 1.67. The van der Waals surface area contributed by atoms with E-state index in [-0.39, 0.29) is 23.0 Å². The van der Waals surface area contributed by atoms with Crippen molar-refractivity contribution in [1.82, 2.24) is 14.9 Å². The van der Waals surface area contributed by atoms with Gasteiger partial charge in [0.25, 0.3) is 5.91 Å². The molecule has 0 radical (unpaired) electrons. The van der Waals surface area contributed by atoms with Crippen molar-refractivity contribution >= 4 is 40.8 Å². The molecule has 0 saturated heterocycles. The first-order chi connectivity index (χ1) is 13.5. The van der Waals surface area contributed by atoms with Gasteiger partial charge in [0.05, 0.1) is 5.52 Å². The molecule has 2 aromatic carbocycles. The van der Waals surface area contributed by atoms with E-state index < -0.39 is 6.04 Å². The first-order valence-corrected chi connectivity index (χ1v) is 9.58. The SMILES string of the molecule is Cc1ccc(CNC(=O)CCC2Nc3c4ccccc4nc(=S)n3C2=O)cc1. The van der Waals surface area contributed by atoms with Crippen LogP contribution in [0.4, 0.5) is 5.82 Å². The summed E-state index contributed by atoms with van der Waals surface area (Å²) in [6, 6.07) is 15.1. The number of nitrogens with zero attached hydrogens (tertiary/aromatic N) is 2. The maximum Gasteiger partial charge on any atom is 0.257 e. The number of hydrogen-bond donors (Lipinski definition) is 2. The highest BCUT2D eigenvalue weighted by Gasteiger charge is 2.31. The lowest BCUT2D eigenvalue weighted by atomic mass is 10.1. The fourth-order valence-corrected chi connectivity index (χ4v) is 3.62. The summed E-state index contributed by atoms with van der Waals surface area (Å²) in [5.41, 5.74) is 2.97. The van der Waals surface area contributed by atoms with Gasteiger partial charge in [-0.15, -0.1) is 0 Å². The number of carbonyl (C=O) groups is 2. The van der Waals surface area contributed by atoms with Crippen molar-refractivity contribution < 1.29 is 9.59 Å². The Hall–Kier alpha value is -3.06. The maximum absolute atomic E-state index is 12.7. The minimum Gasteiger partial charge on any atom is -0.359 e. The van der Waals surface area contributed by atoms with Crippen LogP contribution in [0.1, 0.15) is 28.8 Å². The molecule has 1 atom stereocenters. The van der Waals surface area contributed by atoms with E-state index in [0.717, 1.165) is 16.5 Å². The molecule has 28 heavy (non-hydrogen) atoms. The highest BCUT2D eigenvalue weighted by Crippen LogP contribution is 2.29. The minimum atomic E-state index is -0.487. The second-order valence-corrected chi connectivity index (χ2v) is 7.30. The summed E-state index contributed by atoms with van der Waals surface area (Å²) >= 11 is 5.29. The van der Waals surface area contributed by atoms with E-state index >= 15 is 0 Å². The van der Waals surface area contributed by atoms with Gasteiger partial charge in [0.2, 0.25) is 10.7 Å². The molecule has 0 aliphatic carbocycles. The molecule has 0 bridgehead atoms. The molecule has 3 aromatic rings. The molecule has 2 heterocycles. The Balaban J connectivity index is 1.40. The van der Waals surface area contributed by atoms with Crippen molar-refractivity contribution in [1.29, 1.82) is 0 Å². The first kappa shape index (κ1) is 18.3. The van der Waals surface area contributed by atoms with E-state index in [0.29, 0.717) is 18.8 Å². The standard InChI is InChI=1S/C21H20N4O2S/c1-13-6-8-14(9-7-13)12-22-18(26)11-10-17-20(27)25-19(23-17)15-4-2-3-5-16(15)24-21(25)28/h2-9,17,23H,10-12H2,1H3,(H,22,26). The molecule has 142 valence electrons. The Labute approximate surface area is 167 Å². The Bertz CT molecular complexity index is 1120. The highest BCUT2D eigenvalue weighted by atomic mass is 32.1. The number of anilines is 1.